The molecule has 1 unspecified atom stereocenters. The summed E-state index contributed by atoms with van der Waals surface area (Å²) in [5.41, 5.74) is 5.82. The molecule has 4 heteroatoms. The molecular formula is C11H22N2O2. The molecule has 0 radical (unpaired) electrons. The molecule has 0 aromatic heterocycles. The molecule has 1 aliphatic carbocycles. The van der Waals surface area contributed by atoms with Gasteiger partial charge in [0.2, 0.25) is 0 Å². The SMILES string of the molecule is CCOC(=O)C(C)NC1CCC(N)CC1. The maximum absolute atomic E-state index is 11.4. The van der Waals surface area contributed by atoms with Crippen LogP contribution in [0.3, 0.4) is 0 Å². The van der Waals surface area contributed by atoms with Gasteiger partial charge in [-0.1, -0.05) is 0 Å². The molecule has 0 aliphatic heterocycles. The van der Waals surface area contributed by atoms with Crippen LogP contribution in [-0.2, 0) is 9.53 Å². The van der Waals surface area contributed by atoms with Gasteiger partial charge in [-0.2, -0.15) is 0 Å². The Morgan fingerprint density at radius 2 is 2.07 bits per heavy atom. The van der Waals surface area contributed by atoms with Gasteiger partial charge in [0.25, 0.3) is 0 Å². The van der Waals surface area contributed by atoms with Crippen molar-refractivity contribution < 1.29 is 9.53 Å². The van der Waals surface area contributed by atoms with Crippen molar-refractivity contribution in [2.45, 2.75) is 57.7 Å². The van der Waals surface area contributed by atoms with Gasteiger partial charge in [-0.05, 0) is 39.5 Å². The van der Waals surface area contributed by atoms with Crippen LogP contribution in [0.15, 0.2) is 0 Å². The van der Waals surface area contributed by atoms with E-state index in [-0.39, 0.29) is 12.0 Å². The van der Waals surface area contributed by atoms with Gasteiger partial charge in [0.05, 0.1) is 6.61 Å². The summed E-state index contributed by atoms with van der Waals surface area (Å²) in [5.74, 6) is -0.160. The molecule has 15 heavy (non-hydrogen) atoms. The monoisotopic (exact) mass is 214 g/mol. The third-order valence-electron chi connectivity index (χ3n) is 2.90. The van der Waals surface area contributed by atoms with Crippen molar-refractivity contribution in [2.75, 3.05) is 6.61 Å². The number of carbonyl (C=O) groups excluding carboxylic acids is 1. The van der Waals surface area contributed by atoms with E-state index in [1.54, 1.807) is 0 Å². The lowest BCUT2D eigenvalue weighted by molar-refractivity contribution is -0.145. The van der Waals surface area contributed by atoms with Crippen molar-refractivity contribution in [3.63, 3.8) is 0 Å². The summed E-state index contributed by atoms with van der Waals surface area (Å²) in [7, 11) is 0. The van der Waals surface area contributed by atoms with E-state index in [1.807, 2.05) is 13.8 Å². The number of rotatable bonds is 4. The summed E-state index contributed by atoms with van der Waals surface area (Å²) in [4.78, 5) is 11.4. The summed E-state index contributed by atoms with van der Waals surface area (Å²) in [5, 5.41) is 3.29. The first-order valence-electron chi connectivity index (χ1n) is 5.81. The number of esters is 1. The minimum atomic E-state index is -0.204. The van der Waals surface area contributed by atoms with E-state index in [0.717, 1.165) is 25.7 Å². The van der Waals surface area contributed by atoms with Crippen LogP contribution in [0.5, 0.6) is 0 Å². The molecule has 1 saturated carbocycles. The van der Waals surface area contributed by atoms with Crippen molar-refractivity contribution in [1.29, 1.82) is 0 Å². The van der Waals surface area contributed by atoms with Gasteiger partial charge >= 0.3 is 5.97 Å². The highest BCUT2D eigenvalue weighted by molar-refractivity contribution is 5.75. The molecule has 3 N–H and O–H groups in total. The fourth-order valence-electron chi connectivity index (χ4n) is 1.97. The molecular weight excluding hydrogens is 192 g/mol. The fourth-order valence-corrected chi connectivity index (χ4v) is 1.97. The normalized spacial score (nSPS) is 28.5. The highest BCUT2D eigenvalue weighted by atomic mass is 16.5. The number of hydrogen-bond donors (Lipinski definition) is 2. The van der Waals surface area contributed by atoms with Crippen molar-refractivity contribution in [3.8, 4) is 0 Å². The summed E-state index contributed by atoms with van der Waals surface area (Å²) in [6, 6.07) is 0.564. The van der Waals surface area contributed by atoms with Crippen LogP contribution in [0.2, 0.25) is 0 Å². The van der Waals surface area contributed by atoms with Gasteiger partial charge in [-0.15, -0.1) is 0 Å². The molecule has 1 atom stereocenters. The third kappa shape index (κ3) is 4.18. The Hall–Kier alpha value is -0.610. The molecule has 1 rings (SSSR count). The maximum Gasteiger partial charge on any atom is 0.322 e. The quantitative estimate of drug-likeness (QED) is 0.679. The van der Waals surface area contributed by atoms with E-state index in [1.165, 1.54) is 0 Å². The molecule has 0 bridgehead atoms. The first-order valence-corrected chi connectivity index (χ1v) is 5.81. The van der Waals surface area contributed by atoms with E-state index in [4.69, 9.17) is 10.5 Å². The minimum Gasteiger partial charge on any atom is -0.465 e. The topological polar surface area (TPSA) is 64.3 Å². The van der Waals surface area contributed by atoms with E-state index in [2.05, 4.69) is 5.32 Å². The van der Waals surface area contributed by atoms with Crippen LogP contribution in [-0.4, -0.2) is 30.7 Å². The first-order chi connectivity index (χ1) is 7.13. The van der Waals surface area contributed by atoms with Gasteiger partial charge in [-0.25, -0.2) is 0 Å². The zero-order valence-corrected chi connectivity index (χ0v) is 9.66. The van der Waals surface area contributed by atoms with Gasteiger partial charge < -0.3 is 15.8 Å². The highest BCUT2D eigenvalue weighted by Crippen LogP contribution is 2.17. The lowest BCUT2D eigenvalue weighted by Crippen LogP contribution is -2.45. The average Bonchev–Trinajstić information content (AvgIpc) is 2.22. The second-order valence-electron chi connectivity index (χ2n) is 4.25. The molecule has 0 aromatic rings. The van der Waals surface area contributed by atoms with Crippen molar-refractivity contribution in [3.05, 3.63) is 0 Å². The second kappa shape index (κ2) is 6.08. The molecule has 4 nitrogen and oxygen atoms in total. The van der Waals surface area contributed by atoms with E-state index in [9.17, 15) is 4.79 Å². The molecule has 0 spiro atoms. The zero-order chi connectivity index (χ0) is 11.3. The van der Waals surface area contributed by atoms with Gasteiger partial charge in [-0.3, -0.25) is 4.79 Å². The van der Waals surface area contributed by atoms with E-state index in [0.29, 0.717) is 18.7 Å². The predicted molar refractivity (Wildman–Crippen MR) is 59.5 cm³/mol. The lowest BCUT2D eigenvalue weighted by Gasteiger charge is -2.28. The van der Waals surface area contributed by atoms with Crippen LogP contribution >= 0.6 is 0 Å². The fraction of sp³-hybridized carbons (Fsp3) is 0.909. The maximum atomic E-state index is 11.4. The molecule has 0 heterocycles. The Bertz CT molecular complexity index is 201. The van der Waals surface area contributed by atoms with E-state index < -0.39 is 0 Å². The third-order valence-corrected chi connectivity index (χ3v) is 2.90. The van der Waals surface area contributed by atoms with Crippen molar-refractivity contribution in [2.24, 2.45) is 5.73 Å². The number of nitrogens with one attached hydrogen (secondary N) is 1. The Morgan fingerprint density at radius 3 is 2.60 bits per heavy atom. The van der Waals surface area contributed by atoms with Crippen LogP contribution in [0.1, 0.15) is 39.5 Å². The summed E-state index contributed by atoms with van der Waals surface area (Å²) >= 11 is 0. The standard InChI is InChI=1S/C11H22N2O2/c1-3-15-11(14)8(2)13-10-6-4-9(12)5-7-10/h8-10,13H,3-7,12H2,1-2H3. The molecule has 0 saturated heterocycles. The smallest absolute Gasteiger partial charge is 0.322 e. The Morgan fingerprint density at radius 1 is 1.47 bits per heavy atom. The summed E-state index contributed by atoms with van der Waals surface area (Å²) in [6.45, 7) is 4.12. The molecule has 1 fully saturated rings. The van der Waals surface area contributed by atoms with Crippen molar-refractivity contribution >= 4 is 5.97 Å². The number of hydrogen-bond acceptors (Lipinski definition) is 4. The van der Waals surface area contributed by atoms with Gasteiger partial charge in [0.1, 0.15) is 6.04 Å². The molecule has 0 amide bonds. The lowest BCUT2D eigenvalue weighted by atomic mass is 9.91. The largest absolute Gasteiger partial charge is 0.465 e. The molecule has 88 valence electrons. The Balaban J connectivity index is 2.25. The minimum absolute atomic E-state index is 0.160. The van der Waals surface area contributed by atoms with Gasteiger partial charge in [0.15, 0.2) is 0 Å². The van der Waals surface area contributed by atoms with Crippen LogP contribution in [0.25, 0.3) is 0 Å². The molecule has 0 aromatic carbocycles. The molecule has 1 aliphatic rings. The second-order valence-corrected chi connectivity index (χ2v) is 4.25. The average molecular weight is 214 g/mol. The number of nitrogens with two attached hydrogens (primary N) is 1. The van der Waals surface area contributed by atoms with Crippen LogP contribution in [0, 0.1) is 0 Å². The predicted octanol–water partition coefficient (Wildman–Crippen LogP) is 0.797. The first kappa shape index (κ1) is 12.5. The zero-order valence-electron chi connectivity index (χ0n) is 9.66. The van der Waals surface area contributed by atoms with Crippen LogP contribution in [0.4, 0.5) is 0 Å². The number of carbonyl (C=O) groups is 1. The number of ether oxygens (including phenoxy) is 1. The highest BCUT2D eigenvalue weighted by Gasteiger charge is 2.22. The Labute approximate surface area is 91.5 Å². The van der Waals surface area contributed by atoms with Crippen molar-refractivity contribution in [1.82, 2.24) is 5.32 Å². The van der Waals surface area contributed by atoms with E-state index >= 15 is 0 Å². The van der Waals surface area contributed by atoms with Crippen LogP contribution < -0.4 is 11.1 Å². The Kier molecular flexibility index (Phi) is 5.05. The summed E-state index contributed by atoms with van der Waals surface area (Å²) in [6.07, 6.45) is 4.22. The summed E-state index contributed by atoms with van der Waals surface area (Å²) < 4.78 is 4.94. The van der Waals surface area contributed by atoms with Gasteiger partial charge in [0, 0.05) is 12.1 Å².